The molecule has 0 aliphatic carbocycles. The fraction of sp³-hybridized carbons (Fsp3) is 0.120. The summed E-state index contributed by atoms with van der Waals surface area (Å²) in [5, 5.41) is 12.3. The second-order valence-corrected chi connectivity index (χ2v) is 8.56. The number of halogens is 1. The van der Waals surface area contributed by atoms with E-state index in [4.69, 9.17) is 0 Å². The first-order chi connectivity index (χ1) is 16.1. The van der Waals surface area contributed by atoms with E-state index < -0.39 is 0 Å². The van der Waals surface area contributed by atoms with E-state index in [0.29, 0.717) is 12.1 Å². The van der Waals surface area contributed by atoms with Gasteiger partial charge in [-0.2, -0.15) is 10.2 Å². The summed E-state index contributed by atoms with van der Waals surface area (Å²) >= 11 is 1.54. The minimum Gasteiger partial charge on any atom is -0.271 e. The zero-order valence-electron chi connectivity index (χ0n) is 17.5. The van der Waals surface area contributed by atoms with Crippen LogP contribution in [0.2, 0.25) is 0 Å². The Morgan fingerprint density at radius 2 is 1.79 bits per heavy atom. The Morgan fingerprint density at radius 1 is 1.00 bits per heavy atom. The molecule has 1 aliphatic rings. The second-order valence-electron chi connectivity index (χ2n) is 7.61. The molecule has 3 heterocycles. The minimum absolute atomic E-state index is 0.252. The van der Waals surface area contributed by atoms with Crippen molar-refractivity contribution in [1.82, 2.24) is 14.8 Å². The first-order valence-electron chi connectivity index (χ1n) is 10.4. The molecule has 1 unspecified atom stereocenters. The molecule has 0 fully saturated rings. The lowest BCUT2D eigenvalue weighted by Crippen LogP contribution is -2.34. The average molecular weight is 459 g/mol. The fourth-order valence-corrected chi connectivity index (χ4v) is 4.52. The molecule has 1 amide bonds. The maximum Gasteiger partial charge on any atom is 0.267 e. The summed E-state index contributed by atoms with van der Waals surface area (Å²) < 4.78 is 14.6. The number of hydrogen-bond donors (Lipinski definition) is 0. The van der Waals surface area contributed by atoms with Gasteiger partial charge in [0.1, 0.15) is 12.4 Å². The molecule has 5 rings (SSSR count). The molecular formula is C25H19FN4O2S. The van der Waals surface area contributed by atoms with Gasteiger partial charge in [0.2, 0.25) is 0 Å². The second kappa shape index (κ2) is 8.91. The summed E-state index contributed by atoms with van der Waals surface area (Å²) in [6, 6.07) is 22.1. The van der Waals surface area contributed by atoms with Gasteiger partial charge in [-0.25, -0.2) is 14.1 Å². The van der Waals surface area contributed by atoms with Crippen LogP contribution in [0.4, 0.5) is 4.39 Å². The van der Waals surface area contributed by atoms with Gasteiger partial charge in [-0.05, 0) is 35.2 Å². The van der Waals surface area contributed by atoms with E-state index in [1.54, 1.807) is 29.5 Å². The topological polar surface area (TPSA) is 67.6 Å². The summed E-state index contributed by atoms with van der Waals surface area (Å²) in [6.45, 7) is -0.252. The molecule has 8 heteroatoms. The number of carbonyl (C=O) groups is 1. The van der Waals surface area contributed by atoms with Crippen molar-refractivity contribution < 1.29 is 9.18 Å². The van der Waals surface area contributed by atoms with Crippen molar-refractivity contribution in [2.75, 3.05) is 0 Å². The fourth-order valence-electron chi connectivity index (χ4n) is 3.80. The van der Waals surface area contributed by atoms with Crippen LogP contribution in [0.5, 0.6) is 0 Å². The molecule has 0 spiro atoms. The van der Waals surface area contributed by atoms with Gasteiger partial charge in [0.05, 0.1) is 22.3 Å². The van der Waals surface area contributed by atoms with Crippen LogP contribution in [0, 0.1) is 5.82 Å². The van der Waals surface area contributed by atoms with Gasteiger partial charge in [0.15, 0.2) is 0 Å². The Morgan fingerprint density at radius 3 is 2.52 bits per heavy atom. The molecular weight excluding hydrogens is 439 g/mol. The van der Waals surface area contributed by atoms with E-state index >= 15 is 0 Å². The zero-order chi connectivity index (χ0) is 22.8. The Bertz CT molecular complexity index is 1370. The van der Waals surface area contributed by atoms with Crippen LogP contribution >= 0.6 is 11.3 Å². The number of carbonyl (C=O) groups excluding carboxylic acids is 1. The van der Waals surface area contributed by atoms with Crippen LogP contribution in [0.3, 0.4) is 0 Å². The summed E-state index contributed by atoms with van der Waals surface area (Å²) in [5.74, 6) is -0.710. The van der Waals surface area contributed by atoms with Crippen molar-refractivity contribution in [3.8, 4) is 11.3 Å². The number of nitrogens with zero attached hydrogens (tertiary/aromatic N) is 4. The van der Waals surface area contributed by atoms with Gasteiger partial charge < -0.3 is 0 Å². The molecule has 1 atom stereocenters. The number of hydrogen-bond acceptors (Lipinski definition) is 5. The molecule has 6 nitrogen and oxygen atoms in total. The van der Waals surface area contributed by atoms with Crippen LogP contribution in [-0.2, 0) is 11.3 Å². The minimum atomic E-state index is -0.386. The van der Waals surface area contributed by atoms with E-state index in [0.717, 1.165) is 26.4 Å². The molecule has 0 saturated carbocycles. The lowest BCUT2D eigenvalue weighted by Gasteiger charge is -2.22. The normalized spacial score (nSPS) is 15.5. The highest BCUT2D eigenvalue weighted by atomic mass is 32.1. The van der Waals surface area contributed by atoms with Gasteiger partial charge in [-0.1, -0.05) is 48.5 Å². The monoisotopic (exact) mass is 458 g/mol. The molecule has 2 aromatic heterocycles. The third kappa shape index (κ3) is 4.38. The standard InChI is InChI=1S/C25H19FN4O2S/c26-19-10-8-18(9-11-19)22-15-21(23-7-4-14-33-23)28-30(22)25(32)16-29-24(31)13-12-20(27-29)17-5-2-1-3-6-17/h1-14,22H,15-16H2. The highest BCUT2D eigenvalue weighted by Crippen LogP contribution is 2.34. The van der Waals surface area contributed by atoms with Crippen molar-refractivity contribution >= 4 is 23.0 Å². The van der Waals surface area contributed by atoms with Gasteiger partial charge in [-0.3, -0.25) is 9.59 Å². The maximum absolute atomic E-state index is 13.5. The maximum atomic E-state index is 13.5. The quantitative estimate of drug-likeness (QED) is 0.443. The lowest BCUT2D eigenvalue weighted by molar-refractivity contribution is -0.133. The molecule has 2 aromatic carbocycles. The third-order valence-electron chi connectivity index (χ3n) is 5.45. The number of amides is 1. The first kappa shape index (κ1) is 21.0. The molecule has 0 radical (unpaired) electrons. The van der Waals surface area contributed by atoms with Crippen molar-refractivity contribution in [3.63, 3.8) is 0 Å². The van der Waals surface area contributed by atoms with Crippen molar-refractivity contribution in [3.05, 3.63) is 111 Å². The molecule has 0 bridgehead atoms. The van der Waals surface area contributed by atoms with Crippen LogP contribution in [0.1, 0.15) is 22.9 Å². The summed E-state index contributed by atoms with van der Waals surface area (Å²) in [5.41, 5.74) is 2.64. The number of rotatable bonds is 5. The van der Waals surface area contributed by atoms with E-state index in [2.05, 4.69) is 10.2 Å². The van der Waals surface area contributed by atoms with Gasteiger partial charge in [0, 0.05) is 18.1 Å². The SMILES string of the molecule is O=C(Cn1nc(-c2ccccc2)ccc1=O)N1N=C(c2cccs2)CC1c1ccc(F)cc1. The Kier molecular flexibility index (Phi) is 5.66. The molecule has 33 heavy (non-hydrogen) atoms. The Hall–Kier alpha value is -3.91. The lowest BCUT2D eigenvalue weighted by atomic mass is 10.0. The first-order valence-corrected chi connectivity index (χ1v) is 11.3. The predicted molar refractivity (Wildman–Crippen MR) is 125 cm³/mol. The molecule has 0 N–H and O–H groups in total. The number of aromatic nitrogens is 2. The summed E-state index contributed by atoms with van der Waals surface area (Å²) in [4.78, 5) is 26.7. The van der Waals surface area contributed by atoms with Crippen LogP contribution in [0.25, 0.3) is 11.3 Å². The predicted octanol–water partition coefficient (Wildman–Crippen LogP) is 4.49. The van der Waals surface area contributed by atoms with Crippen LogP contribution < -0.4 is 5.56 Å². The van der Waals surface area contributed by atoms with Crippen molar-refractivity contribution in [1.29, 1.82) is 0 Å². The average Bonchev–Trinajstić information content (AvgIpc) is 3.52. The number of hydrazone groups is 1. The van der Waals surface area contributed by atoms with E-state index in [9.17, 15) is 14.0 Å². The number of thiophene rings is 1. The molecule has 1 aliphatic heterocycles. The van der Waals surface area contributed by atoms with Crippen molar-refractivity contribution in [2.45, 2.75) is 19.0 Å². The largest absolute Gasteiger partial charge is 0.271 e. The molecule has 0 saturated heterocycles. The molecule has 164 valence electrons. The number of benzene rings is 2. The van der Waals surface area contributed by atoms with Gasteiger partial charge >= 0.3 is 0 Å². The summed E-state index contributed by atoms with van der Waals surface area (Å²) in [6.07, 6.45) is 0.504. The van der Waals surface area contributed by atoms with E-state index in [1.807, 2.05) is 47.8 Å². The van der Waals surface area contributed by atoms with Gasteiger partial charge in [-0.15, -0.1) is 11.3 Å². The molecule has 4 aromatic rings. The summed E-state index contributed by atoms with van der Waals surface area (Å²) in [7, 11) is 0. The van der Waals surface area contributed by atoms with Crippen LogP contribution in [0.15, 0.2) is 94.1 Å². The van der Waals surface area contributed by atoms with Crippen molar-refractivity contribution in [2.24, 2.45) is 5.10 Å². The van der Waals surface area contributed by atoms with Crippen LogP contribution in [-0.4, -0.2) is 26.4 Å². The Balaban J connectivity index is 1.46. The highest BCUT2D eigenvalue weighted by Gasteiger charge is 2.33. The smallest absolute Gasteiger partial charge is 0.267 e. The Labute approximate surface area is 193 Å². The van der Waals surface area contributed by atoms with E-state index in [1.165, 1.54) is 23.2 Å². The third-order valence-corrected chi connectivity index (χ3v) is 6.37. The highest BCUT2D eigenvalue weighted by molar-refractivity contribution is 7.12. The van der Waals surface area contributed by atoms with E-state index in [-0.39, 0.29) is 29.9 Å². The zero-order valence-corrected chi connectivity index (χ0v) is 18.3. The van der Waals surface area contributed by atoms with Gasteiger partial charge in [0.25, 0.3) is 11.5 Å².